The maximum atomic E-state index is 12.7. The molecule has 160 valence electrons. The van der Waals surface area contributed by atoms with E-state index in [-0.39, 0.29) is 23.6 Å². The number of nitrogens with one attached hydrogen (secondary N) is 1. The summed E-state index contributed by atoms with van der Waals surface area (Å²) in [6.07, 6.45) is 1.33. The van der Waals surface area contributed by atoms with E-state index in [2.05, 4.69) is 5.43 Å². The van der Waals surface area contributed by atoms with Gasteiger partial charge in [0.2, 0.25) is 0 Å². The number of carbonyl (C=O) groups excluding carboxylic acids is 2. The molecule has 0 atom stereocenters. The fourth-order valence-corrected chi connectivity index (χ4v) is 3.22. The number of hydrogen-bond donors (Lipinski definition) is 1. The van der Waals surface area contributed by atoms with Gasteiger partial charge in [0.15, 0.2) is 5.75 Å². The van der Waals surface area contributed by atoms with Gasteiger partial charge in [0, 0.05) is 6.07 Å². The van der Waals surface area contributed by atoms with Crippen LogP contribution in [-0.4, -0.2) is 16.7 Å². The highest BCUT2D eigenvalue weighted by molar-refractivity contribution is 6.31. The van der Waals surface area contributed by atoms with Crippen molar-refractivity contribution in [2.45, 2.75) is 13.5 Å². The zero-order valence-corrected chi connectivity index (χ0v) is 17.1. The number of aryl methyl sites for hydroxylation is 1. The number of ether oxygens (including phenoxy) is 1. The summed E-state index contributed by atoms with van der Waals surface area (Å²) >= 11 is 0. The smallest absolute Gasteiger partial charge is 0.311 e. The van der Waals surface area contributed by atoms with Gasteiger partial charge in [-0.05, 0) is 42.3 Å². The standard InChI is InChI=1S/C24H19N3O5/c1-16-7-9-17(10-8-16)15-32-22-12-11-18(14-21(22)27(30)31)13-20-23(28)25-26(24(20)29)19-5-3-2-4-6-19/h2-14H,15H2,1H3,(H,25,28)/b20-13-. The number of nitro benzene ring substituents is 1. The Balaban J connectivity index is 1.57. The van der Waals surface area contributed by atoms with E-state index in [1.54, 1.807) is 36.4 Å². The van der Waals surface area contributed by atoms with Crippen LogP contribution in [0, 0.1) is 17.0 Å². The predicted molar refractivity (Wildman–Crippen MR) is 119 cm³/mol. The molecule has 1 N–H and O–H groups in total. The normalized spacial score (nSPS) is 14.5. The Morgan fingerprint density at radius 2 is 1.75 bits per heavy atom. The Morgan fingerprint density at radius 1 is 1.03 bits per heavy atom. The largest absolute Gasteiger partial charge is 0.482 e. The number of para-hydroxylation sites is 1. The predicted octanol–water partition coefficient (Wildman–Crippen LogP) is 3.94. The Hall–Kier alpha value is -4.46. The van der Waals surface area contributed by atoms with Crippen LogP contribution in [0.25, 0.3) is 6.08 Å². The van der Waals surface area contributed by atoms with Crippen LogP contribution in [0.5, 0.6) is 5.75 Å². The number of hydrazine groups is 1. The molecule has 2 amide bonds. The fraction of sp³-hybridized carbons (Fsp3) is 0.0833. The molecule has 0 aromatic heterocycles. The molecule has 3 aromatic carbocycles. The minimum absolute atomic E-state index is 0.103. The van der Waals surface area contributed by atoms with Gasteiger partial charge in [-0.25, -0.2) is 5.01 Å². The highest BCUT2D eigenvalue weighted by Crippen LogP contribution is 2.30. The lowest BCUT2D eigenvalue weighted by Gasteiger charge is -2.13. The molecule has 1 heterocycles. The first-order valence-electron chi connectivity index (χ1n) is 9.81. The minimum Gasteiger partial charge on any atom is -0.482 e. The maximum absolute atomic E-state index is 12.7. The highest BCUT2D eigenvalue weighted by Gasteiger charge is 2.34. The van der Waals surface area contributed by atoms with Gasteiger partial charge in [0.05, 0.1) is 10.6 Å². The lowest BCUT2D eigenvalue weighted by Crippen LogP contribution is -2.35. The zero-order valence-electron chi connectivity index (χ0n) is 17.1. The number of carbonyl (C=O) groups is 2. The van der Waals surface area contributed by atoms with Crippen molar-refractivity contribution in [3.8, 4) is 5.75 Å². The van der Waals surface area contributed by atoms with Crippen molar-refractivity contribution in [3.63, 3.8) is 0 Å². The Bertz CT molecular complexity index is 1220. The van der Waals surface area contributed by atoms with Crippen molar-refractivity contribution < 1.29 is 19.2 Å². The molecular weight excluding hydrogens is 410 g/mol. The van der Waals surface area contributed by atoms with E-state index in [0.29, 0.717) is 11.3 Å². The van der Waals surface area contributed by atoms with E-state index in [9.17, 15) is 19.7 Å². The van der Waals surface area contributed by atoms with Gasteiger partial charge >= 0.3 is 5.69 Å². The number of amides is 2. The van der Waals surface area contributed by atoms with Crippen molar-refractivity contribution in [1.82, 2.24) is 5.43 Å². The van der Waals surface area contributed by atoms with E-state index >= 15 is 0 Å². The van der Waals surface area contributed by atoms with Gasteiger partial charge in [0.25, 0.3) is 11.8 Å². The summed E-state index contributed by atoms with van der Waals surface area (Å²) in [6, 6.07) is 20.6. The summed E-state index contributed by atoms with van der Waals surface area (Å²) in [5.41, 5.74) is 4.97. The van der Waals surface area contributed by atoms with Gasteiger partial charge in [-0.1, -0.05) is 54.1 Å². The van der Waals surface area contributed by atoms with Crippen LogP contribution >= 0.6 is 0 Å². The SMILES string of the molecule is Cc1ccc(COc2ccc(/C=C3/C(=O)NN(c4ccccc4)C3=O)cc2[N+](=O)[O-])cc1. The fourth-order valence-electron chi connectivity index (χ4n) is 3.22. The second kappa shape index (κ2) is 8.73. The van der Waals surface area contributed by atoms with Crippen molar-refractivity contribution in [1.29, 1.82) is 0 Å². The first kappa shape index (κ1) is 20.8. The number of anilines is 1. The van der Waals surface area contributed by atoms with Crippen LogP contribution in [0.2, 0.25) is 0 Å². The molecule has 1 aliphatic rings. The van der Waals surface area contributed by atoms with Crippen molar-refractivity contribution in [3.05, 3.63) is 105 Å². The molecule has 8 heteroatoms. The molecule has 8 nitrogen and oxygen atoms in total. The average molecular weight is 429 g/mol. The van der Waals surface area contributed by atoms with Gasteiger partial charge in [-0.15, -0.1) is 0 Å². The van der Waals surface area contributed by atoms with E-state index in [1.165, 1.54) is 18.2 Å². The highest BCUT2D eigenvalue weighted by atomic mass is 16.6. The molecule has 1 fully saturated rings. The quantitative estimate of drug-likeness (QED) is 0.277. The molecule has 0 unspecified atom stereocenters. The molecular formula is C24H19N3O5. The number of hydrogen-bond acceptors (Lipinski definition) is 5. The lowest BCUT2D eigenvalue weighted by molar-refractivity contribution is -0.386. The Kier molecular flexibility index (Phi) is 5.67. The van der Waals surface area contributed by atoms with E-state index in [0.717, 1.165) is 16.1 Å². The van der Waals surface area contributed by atoms with Gasteiger partial charge in [0.1, 0.15) is 12.2 Å². The zero-order chi connectivity index (χ0) is 22.7. The molecule has 1 aliphatic heterocycles. The number of nitrogens with zero attached hydrogens (tertiary/aromatic N) is 2. The van der Waals surface area contributed by atoms with Crippen molar-refractivity contribution >= 4 is 29.3 Å². The van der Waals surface area contributed by atoms with Gasteiger partial charge in [-0.3, -0.25) is 25.1 Å². The van der Waals surface area contributed by atoms with Crippen molar-refractivity contribution in [2.75, 3.05) is 5.01 Å². The van der Waals surface area contributed by atoms with E-state index < -0.39 is 16.7 Å². The summed E-state index contributed by atoms with van der Waals surface area (Å²) in [5.74, 6) is -1.02. The topological polar surface area (TPSA) is 102 Å². The van der Waals surface area contributed by atoms with Crippen molar-refractivity contribution in [2.24, 2.45) is 0 Å². The lowest BCUT2D eigenvalue weighted by atomic mass is 10.1. The summed E-state index contributed by atoms with van der Waals surface area (Å²) in [4.78, 5) is 36.1. The number of rotatable bonds is 6. The molecule has 0 radical (unpaired) electrons. The van der Waals surface area contributed by atoms with E-state index in [4.69, 9.17) is 4.74 Å². The molecule has 0 spiro atoms. The van der Waals surface area contributed by atoms with Gasteiger partial charge < -0.3 is 4.74 Å². The molecule has 0 bridgehead atoms. The maximum Gasteiger partial charge on any atom is 0.311 e. The first-order valence-corrected chi connectivity index (χ1v) is 9.81. The van der Waals surface area contributed by atoms with Crippen LogP contribution < -0.4 is 15.2 Å². The van der Waals surface area contributed by atoms with Gasteiger partial charge in [-0.2, -0.15) is 0 Å². The average Bonchev–Trinajstić information content (AvgIpc) is 3.08. The molecule has 32 heavy (non-hydrogen) atoms. The van der Waals surface area contributed by atoms with Crippen LogP contribution in [0.15, 0.2) is 78.4 Å². The minimum atomic E-state index is -0.582. The van der Waals surface area contributed by atoms with Crippen LogP contribution in [0.1, 0.15) is 16.7 Å². The molecule has 0 saturated carbocycles. The van der Waals surface area contributed by atoms with E-state index in [1.807, 2.05) is 31.2 Å². The second-order valence-electron chi connectivity index (χ2n) is 7.23. The summed E-state index contributed by atoms with van der Waals surface area (Å²) in [7, 11) is 0. The third kappa shape index (κ3) is 4.34. The Labute approximate surface area is 183 Å². The summed E-state index contributed by atoms with van der Waals surface area (Å²) < 4.78 is 5.65. The molecule has 4 rings (SSSR count). The molecule has 3 aromatic rings. The Morgan fingerprint density at radius 3 is 2.44 bits per heavy atom. The molecule has 1 saturated heterocycles. The van der Waals surface area contributed by atoms with Crippen LogP contribution in [-0.2, 0) is 16.2 Å². The summed E-state index contributed by atoms with van der Waals surface area (Å²) in [6.45, 7) is 2.14. The third-order valence-corrected chi connectivity index (χ3v) is 4.91. The third-order valence-electron chi connectivity index (χ3n) is 4.91. The number of nitro groups is 1. The molecule has 0 aliphatic carbocycles. The van der Waals surface area contributed by atoms with Crippen LogP contribution in [0.4, 0.5) is 11.4 Å². The number of benzene rings is 3. The monoisotopic (exact) mass is 429 g/mol. The first-order chi connectivity index (χ1) is 15.4. The summed E-state index contributed by atoms with van der Waals surface area (Å²) in [5, 5.41) is 12.7. The van der Waals surface area contributed by atoms with Crippen LogP contribution in [0.3, 0.4) is 0 Å². The second-order valence-corrected chi connectivity index (χ2v) is 7.23.